The topological polar surface area (TPSA) is 83.8 Å². The second-order valence-electron chi connectivity index (χ2n) is 8.25. The van der Waals surface area contributed by atoms with Gasteiger partial charge in [0.25, 0.3) is 7.75 Å². The number of hydrogen-bond donors (Lipinski definition) is 0. The Kier molecular flexibility index (Phi) is 20.6. The standard InChI is InChI=1S/C24H43NO5PS.Na/c1-3-5-7-9-11-13-18-22-29-31(26,30-23-19-14-12-10-8-6-4-2)25-32(27,28)24-20-16-15-17-21-24;/h15-17,20-21H,3-14,18-19,22-23H2,1-2H3;/q-1;+1. The fourth-order valence-electron chi connectivity index (χ4n) is 3.33. The zero-order valence-corrected chi connectivity index (χ0v) is 24.8. The van der Waals surface area contributed by atoms with Crippen molar-refractivity contribution in [1.29, 1.82) is 0 Å². The molecule has 1 aromatic carbocycles. The van der Waals surface area contributed by atoms with Crippen molar-refractivity contribution in [3.05, 3.63) is 34.8 Å². The van der Waals surface area contributed by atoms with Crippen LogP contribution in [0.3, 0.4) is 0 Å². The van der Waals surface area contributed by atoms with Gasteiger partial charge in [0.1, 0.15) is 10.0 Å². The van der Waals surface area contributed by atoms with Crippen molar-refractivity contribution in [2.24, 2.45) is 0 Å². The summed E-state index contributed by atoms with van der Waals surface area (Å²) in [5.74, 6) is 0. The zero-order valence-electron chi connectivity index (χ0n) is 21.0. The summed E-state index contributed by atoms with van der Waals surface area (Å²) in [7, 11) is -8.22. The SMILES string of the molecule is CCCCCCCCCOP(=O)([N-]S(=O)(=O)c1ccccc1)OCCCCCCCCC.[Na+]. The summed E-state index contributed by atoms with van der Waals surface area (Å²) in [5, 5.41) is 0. The average Bonchev–Trinajstić information content (AvgIpc) is 2.78. The molecule has 0 aliphatic heterocycles. The van der Waals surface area contributed by atoms with Crippen molar-refractivity contribution in [2.45, 2.75) is 109 Å². The van der Waals surface area contributed by atoms with Crippen LogP contribution in [0.1, 0.15) is 104 Å². The molecule has 0 fully saturated rings. The van der Waals surface area contributed by atoms with Crippen LogP contribution in [-0.2, 0) is 23.6 Å². The van der Waals surface area contributed by atoms with Gasteiger partial charge >= 0.3 is 29.6 Å². The van der Waals surface area contributed by atoms with Crippen LogP contribution in [0.5, 0.6) is 0 Å². The predicted molar refractivity (Wildman–Crippen MR) is 132 cm³/mol. The molecule has 0 aliphatic rings. The van der Waals surface area contributed by atoms with Crippen molar-refractivity contribution in [3.63, 3.8) is 0 Å². The third-order valence-corrected chi connectivity index (χ3v) is 8.80. The van der Waals surface area contributed by atoms with Crippen molar-refractivity contribution < 1.29 is 51.6 Å². The normalized spacial score (nSPS) is 11.9. The van der Waals surface area contributed by atoms with E-state index in [0.29, 0.717) is 12.8 Å². The molecule has 0 saturated carbocycles. The van der Waals surface area contributed by atoms with Gasteiger partial charge < -0.3 is 13.5 Å². The molecular weight excluding hydrogens is 468 g/mol. The molecule has 0 atom stereocenters. The molecule has 1 rings (SSSR count). The molecule has 9 heteroatoms. The summed E-state index contributed by atoms with van der Waals surface area (Å²) in [6, 6.07) is 7.77. The fourth-order valence-corrected chi connectivity index (χ4v) is 6.44. The summed E-state index contributed by atoms with van der Waals surface area (Å²) in [6.45, 7) is 4.72. The van der Waals surface area contributed by atoms with Gasteiger partial charge in [-0.3, -0.25) is 4.57 Å². The maximum absolute atomic E-state index is 13.2. The fraction of sp³-hybridized carbons (Fsp3) is 0.750. The molecule has 0 aliphatic carbocycles. The number of benzene rings is 1. The summed E-state index contributed by atoms with van der Waals surface area (Å²) in [6.07, 6.45) is 15.2. The molecule has 0 radical (unpaired) electrons. The first kappa shape index (κ1) is 33.3. The molecule has 0 spiro atoms. The zero-order chi connectivity index (χ0) is 23.5. The van der Waals surface area contributed by atoms with Gasteiger partial charge in [0.15, 0.2) is 0 Å². The first-order valence-electron chi connectivity index (χ1n) is 12.4. The van der Waals surface area contributed by atoms with E-state index in [1.807, 2.05) is 0 Å². The van der Waals surface area contributed by atoms with Gasteiger partial charge in [0.05, 0.1) is 13.2 Å². The van der Waals surface area contributed by atoms with Gasteiger partial charge in [-0.2, -0.15) is 0 Å². The van der Waals surface area contributed by atoms with E-state index in [9.17, 15) is 13.0 Å². The van der Waals surface area contributed by atoms with E-state index in [1.165, 1.54) is 63.5 Å². The Labute approximate surface area is 224 Å². The first-order chi connectivity index (χ1) is 15.4. The third-order valence-electron chi connectivity index (χ3n) is 5.25. The molecule has 0 heterocycles. The van der Waals surface area contributed by atoms with E-state index in [-0.39, 0.29) is 47.7 Å². The first-order valence-corrected chi connectivity index (χ1v) is 15.3. The summed E-state index contributed by atoms with van der Waals surface area (Å²) in [4.78, 5) is -0.0146. The van der Waals surface area contributed by atoms with Crippen LogP contribution in [0.15, 0.2) is 35.2 Å². The van der Waals surface area contributed by atoms with Gasteiger partial charge in [-0.25, -0.2) is 8.42 Å². The quantitative estimate of drug-likeness (QED) is 0.125. The van der Waals surface area contributed by atoms with Crippen molar-refractivity contribution in [3.8, 4) is 0 Å². The van der Waals surface area contributed by atoms with Crippen LogP contribution < -0.4 is 29.6 Å². The van der Waals surface area contributed by atoms with Crippen LogP contribution in [0, 0.1) is 0 Å². The molecule has 0 unspecified atom stereocenters. The summed E-state index contributed by atoms with van der Waals surface area (Å²) in [5.41, 5.74) is 0. The molecule has 0 saturated heterocycles. The van der Waals surface area contributed by atoms with Crippen LogP contribution >= 0.6 is 7.75 Å². The van der Waals surface area contributed by atoms with Crippen molar-refractivity contribution in [2.75, 3.05) is 13.2 Å². The molecule has 0 amide bonds. The maximum atomic E-state index is 13.2. The van der Waals surface area contributed by atoms with Gasteiger partial charge in [0.2, 0.25) is 0 Å². The van der Waals surface area contributed by atoms with Gasteiger partial charge in [-0.15, -0.1) is 0 Å². The van der Waals surface area contributed by atoms with E-state index >= 15 is 0 Å². The average molecular weight is 512 g/mol. The largest absolute Gasteiger partial charge is 1.00 e. The number of sulfonamides is 1. The smallest absolute Gasteiger partial charge is 0.438 e. The molecular formula is C24H43NNaO5PS. The summed E-state index contributed by atoms with van der Waals surface area (Å²) >= 11 is 0. The molecule has 6 nitrogen and oxygen atoms in total. The molecule has 33 heavy (non-hydrogen) atoms. The molecule has 0 N–H and O–H groups in total. The van der Waals surface area contributed by atoms with Crippen LogP contribution in [0.4, 0.5) is 0 Å². The van der Waals surface area contributed by atoms with Crippen molar-refractivity contribution >= 4 is 17.8 Å². The predicted octanol–water partition coefficient (Wildman–Crippen LogP) is 5.40. The number of hydrogen-bond acceptors (Lipinski definition) is 5. The maximum Gasteiger partial charge on any atom is 1.00 e. The minimum atomic E-state index is -4.12. The van der Waals surface area contributed by atoms with E-state index in [4.69, 9.17) is 9.05 Å². The monoisotopic (exact) mass is 511 g/mol. The van der Waals surface area contributed by atoms with E-state index in [0.717, 1.165) is 25.7 Å². The Hall–Kier alpha value is 0.280. The van der Waals surface area contributed by atoms with E-state index in [1.54, 1.807) is 18.2 Å². The van der Waals surface area contributed by atoms with Gasteiger partial charge in [-0.05, 0) is 25.0 Å². The molecule has 0 bridgehead atoms. The van der Waals surface area contributed by atoms with Crippen LogP contribution in [0.25, 0.3) is 4.49 Å². The van der Waals surface area contributed by atoms with Crippen LogP contribution in [-0.4, -0.2) is 21.6 Å². The number of unbranched alkanes of at least 4 members (excludes halogenated alkanes) is 12. The number of rotatable bonds is 21. The van der Waals surface area contributed by atoms with E-state index in [2.05, 4.69) is 18.3 Å². The molecule has 0 aromatic heterocycles. The van der Waals surface area contributed by atoms with Crippen LogP contribution in [0.2, 0.25) is 0 Å². The minimum absolute atomic E-state index is 0. The van der Waals surface area contributed by atoms with Gasteiger partial charge in [0, 0.05) is 4.90 Å². The number of nitrogens with zero attached hydrogens (tertiary/aromatic N) is 1. The minimum Gasteiger partial charge on any atom is -0.438 e. The van der Waals surface area contributed by atoms with Gasteiger partial charge in [-0.1, -0.05) is 109 Å². The van der Waals surface area contributed by atoms with Crippen molar-refractivity contribution in [1.82, 2.24) is 0 Å². The third kappa shape index (κ3) is 16.6. The molecule has 1 aromatic rings. The Morgan fingerprint density at radius 2 is 1.09 bits per heavy atom. The summed E-state index contributed by atoms with van der Waals surface area (Å²) < 4.78 is 52.9. The molecule has 186 valence electrons. The Bertz CT molecular complexity index is 710. The second kappa shape index (κ2) is 20.5. The Balaban J connectivity index is 0.0000102. The second-order valence-corrected chi connectivity index (χ2v) is 11.8. The Morgan fingerprint density at radius 1 is 0.697 bits per heavy atom. The van der Waals surface area contributed by atoms with E-state index < -0.39 is 17.8 Å². The Morgan fingerprint density at radius 3 is 1.52 bits per heavy atom.